The van der Waals surface area contributed by atoms with E-state index >= 15 is 0 Å². The summed E-state index contributed by atoms with van der Waals surface area (Å²) in [6.07, 6.45) is 3.37. The summed E-state index contributed by atoms with van der Waals surface area (Å²) in [7, 11) is 1.86. The van der Waals surface area contributed by atoms with Crippen LogP contribution in [0, 0.1) is 22.7 Å². The molecular weight excluding hydrogens is 446 g/mol. The van der Waals surface area contributed by atoms with Crippen molar-refractivity contribution in [1.29, 1.82) is 10.5 Å². The van der Waals surface area contributed by atoms with Crippen LogP contribution in [0.25, 0.3) is 22.1 Å². The zero-order valence-corrected chi connectivity index (χ0v) is 18.9. The Hall–Kier alpha value is -4.36. The minimum atomic E-state index is -1.20. The lowest BCUT2D eigenvalue weighted by Gasteiger charge is -2.28. The molecule has 6 nitrogen and oxygen atoms in total. The highest BCUT2D eigenvalue weighted by Gasteiger charge is 2.38. The molecule has 0 saturated carbocycles. The highest BCUT2D eigenvalue weighted by Crippen LogP contribution is 2.40. The van der Waals surface area contributed by atoms with Crippen molar-refractivity contribution in [2.75, 3.05) is 0 Å². The number of imidazole rings is 1. The standard InChI is InChI=1S/C27H18ClN5O/c1-33-16-32-15-24(33)27(31,21-7-5-17(13-29)6-8-21)25-12-20-9-18(14-30)10-23(26(20)34-25)19-3-2-4-22(28)11-19/h2-12,15-16H,31H2,1H3. The van der Waals surface area contributed by atoms with E-state index in [0.29, 0.717) is 33.2 Å². The molecular formula is C27H18ClN5O. The molecule has 34 heavy (non-hydrogen) atoms. The van der Waals surface area contributed by atoms with Gasteiger partial charge in [-0.2, -0.15) is 10.5 Å². The lowest BCUT2D eigenvalue weighted by atomic mass is 9.84. The molecule has 2 aromatic heterocycles. The molecule has 0 fully saturated rings. The number of nitrogens with zero attached hydrogens (tertiary/aromatic N) is 4. The molecule has 0 saturated heterocycles. The number of nitrogens with two attached hydrogens (primary N) is 1. The van der Waals surface area contributed by atoms with E-state index in [1.807, 2.05) is 48.0 Å². The second-order valence-electron chi connectivity index (χ2n) is 8.06. The lowest BCUT2D eigenvalue weighted by Crippen LogP contribution is -2.40. The molecule has 1 unspecified atom stereocenters. The van der Waals surface area contributed by atoms with Crippen LogP contribution in [0.4, 0.5) is 0 Å². The maximum absolute atomic E-state index is 9.63. The second kappa shape index (κ2) is 8.20. The number of benzene rings is 3. The van der Waals surface area contributed by atoms with Crippen LogP contribution in [0.5, 0.6) is 0 Å². The number of hydrogen-bond acceptors (Lipinski definition) is 5. The van der Waals surface area contributed by atoms with Crippen molar-refractivity contribution in [2.45, 2.75) is 5.54 Å². The fourth-order valence-electron chi connectivity index (χ4n) is 4.24. The Balaban J connectivity index is 1.80. The topological polar surface area (TPSA) is 105 Å². The molecule has 0 aliphatic rings. The fourth-order valence-corrected chi connectivity index (χ4v) is 4.43. The minimum absolute atomic E-state index is 0.481. The number of furan rings is 1. The largest absolute Gasteiger partial charge is 0.458 e. The molecule has 0 amide bonds. The number of fused-ring (bicyclic) bond motifs is 1. The van der Waals surface area contributed by atoms with Gasteiger partial charge in [0.2, 0.25) is 0 Å². The molecule has 0 spiro atoms. The van der Waals surface area contributed by atoms with Crippen molar-refractivity contribution < 1.29 is 4.42 Å². The average Bonchev–Trinajstić information content (AvgIpc) is 3.49. The van der Waals surface area contributed by atoms with Gasteiger partial charge >= 0.3 is 0 Å². The van der Waals surface area contributed by atoms with Crippen molar-refractivity contribution in [1.82, 2.24) is 9.55 Å². The number of hydrogen-bond donors (Lipinski definition) is 1. The van der Waals surface area contributed by atoms with Crippen LogP contribution in [0.15, 0.2) is 83.7 Å². The molecule has 0 bridgehead atoms. The number of halogens is 1. The first-order valence-corrected chi connectivity index (χ1v) is 10.8. The molecule has 0 aliphatic carbocycles. The Morgan fingerprint density at radius 1 is 1.00 bits per heavy atom. The van der Waals surface area contributed by atoms with E-state index in [1.165, 1.54) is 0 Å². The average molecular weight is 464 g/mol. The van der Waals surface area contributed by atoms with Crippen LogP contribution in [0.1, 0.15) is 28.1 Å². The maximum atomic E-state index is 9.63. The Morgan fingerprint density at radius 3 is 2.41 bits per heavy atom. The van der Waals surface area contributed by atoms with Gasteiger partial charge in [0.1, 0.15) is 16.9 Å². The molecule has 0 radical (unpaired) electrons. The third kappa shape index (κ3) is 3.43. The smallest absolute Gasteiger partial charge is 0.142 e. The first-order valence-electron chi connectivity index (χ1n) is 10.4. The fraction of sp³-hybridized carbons (Fsp3) is 0.0741. The number of aromatic nitrogens is 2. The highest BCUT2D eigenvalue weighted by molar-refractivity contribution is 6.30. The summed E-state index contributed by atoms with van der Waals surface area (Å²) in [5.74, 6) is 0.481. The normalized spacial score (nSPS) is 12.7. The van der Waals surface area contributed by atoms with Crippen LogP contribution in [0.2, 0.25) is 5.02 Å². The Labute approximate surface area is 201 Å². The molecule has 164 valence electrons. The van der Waals surface area contributed by atoms with Crippen molar-refractivity contribution >= 4 is 22.6 Å². The molecule has 2 N–H and O–H groups in total. The van der Waals surface area contributed by atoms with Crippen LogP contribution >= 0.6 is 11.6 Å². The van der Waals surface area contributed by atoms with Gasteiger partial charge < -0.3 is 14.7 Å². The van der Waals surface area contributed by atoms with E-state index in [0.717, 1.165) is 22.1 Å². The third-order valence-corrected chi connectivity index (χ3v) is 6.19. The number of rotatable bonds is 4. The van der Waals surface area contributed by atoms with Gasteiger partial charge in [0.05, 0.1) is 41.5 Å². The highest BCUT2D eigenvalue weighted by atomic mass is 35.5. The third-order valence-electron chi connectivity index (χ3n) is 5.96. The Morgan fingerprint density at radius 2 is 1.76 bits per heavy atom. The van der Waals surface area contributed by atoms with Gasteiger partial charge in [-0.05, 0) is 53.6 Å². The van der Waals surface area contributed by atoms with Gasteiger partial charge in [-0.1, -0.05) is 35.9 Å². The summed E-state index contributed by atoms with van der Waals surface area (Å²) in [5, 5.41) is 20.2. The molecule has 5 rings (SSSR count). The van der Waals surface area contributed by atoms with E-state index in [2.05, 4.69) is 17.1 Å². The maximum Gasteiger partial charge on any atom is 0.142 e. The molecule has 5 aromatic rings. The van der Waals surface area contributed by atoms with Gasteiger partial charge in [-0.25, -0.2) is 4.98 Å². The second-order valence-corrected chi connectivity index (χ2v) is 8.50. The summed E-state index contributed by atoms with van der Waals surface area (Å²) < 4.78 is 8.30. The van der Waals surface area contributed by atoms with E-state index in [-0.39, 0.29) is 0 Å². The molecule has 1 atom stereocenters. The van der Waals surface area contributed by atoms with Crippen molar-refractivity contribution in [2.24, 2.45) is 12.8 Å². The zero-order valence-electron chi connectivity index (χ0n) is 18.2. The first-order chi connectivity index (χ1) is 16.4. The van der Waals surface area contributed by atoms with Crippen LogP contribution in [-0.2, 0) is 12.6 Å². The van der Waals surface area contributed by atoms with Crippen LogP contribution < -0.4 is 5.73 Å². The van der Waals surface area contributed by atoms with E-state index in [9.17, 15) is 10.5 Å². The quantitative estimate of drug-likeness (QED) is 0.380. The van der Waals surface area contributed by atoms with Gasteiger partial charge in [0, 0.05) is 23.0 Å². The molecule has 3 aromatic carbocycles. The molecule has 7 heteroatoms. The van der Waals surface area contributed by atoms with E-state index in [4.69, 9.17) is 21.8 Å². The first kappa shape index (κ1) is 21.5. The molecule has 2 heterocycles. The van der Waals surface area contributed by atoms with Gasteiger partial charge in [0.15, 0.2) is 0 Å². The zero-order chi connectivity index (χ0) is 23.9. The van der Waals surface area contributed by atoms with Gasteiger partial charge in [-0.15, -0.1) is 0 Å². The van der Waals surface area contributed by atoms with Crippen molar-refractivity contribution in [3.63, 3.8) is 0 Å². The van der Waals surface area contributed by atoms with Gasteiger partial charge in [0.25, 0.3) is 0 Å². The summed E-state index contributed by atoms with van der Waals surface area (Å²) in [5.41, 5.74) is 10.6. The van der Waals surface area contributed by atoms with Crippen molar-refractivity contribution in [3.8, 4) is 23.3 Å². The van der Waals surface area contributed by atoms with Crippen molar-refractivity contribution in [3.05, 3.63) is 112 Å². The summed E-state index contributed by atoms with van der Waals surface area (Å²) >= 11 is 6.24. The summed E-state index contributed by atoms with van der Waals surface area (Å²) in [6.45, 7) is 0. The summed E-state index contributed by atoms with van der Waals surface area (Å²) in [4.78, 5) is 4.26. The Bertz CT molecular complexity index is 1620. The monoisotopic (exact) mass is 463 g/mol. The van der Waals surface area contributed by atoms with E-state index < -0.39 is 5.54 Å². The summed E-state index contributed by atoms with van der Waals surface area (Å²) in [6, 6.07) is 24.2. The van der Waals surface area contributed by atoms with Gasteiger partial charge in [-0.3, -0.25) is 0 Å². The minimum Gasteiger partial charge on any atom is -0.458 e. The van der Waals surface area contributed by atoms with Crippen LogP contribution in [-0.4, -0.2) is 9.55 Å². The SMILES string of the molecule is Cn1cncc1C(N)(c1ccc(C#N)cc1)c1cc2cc(C#N)cc(-c3cccc(Cl)c3)c2o1. The Kier molecular flexibility index (Phi) is 5.18. The number of nitriles is 2. The van der Waals surface area contributed by atoms with E-state index in [1.54, 1.807) is 42.9 Å². The molecule has 0 aliphatic heterocycles. The lowest BCUT2D eigenvalue weighted by molar-refractivity contribution is 0.445. The van der Waals surface area contributed by atoms with Crippen LogP contribution in [0.3, 0.4) is 0 Å². The number of aryl methyl sites for hydroxylation is 1. The predicted molar refractivity (Wildman–Crippen MR) is 130 cm³/mol. The predicted octanol–water partition coefficient (Wildman–Crippen LogP) is 5.48.